The van der Waals surface area contributed by atoms with E-state index in [4.69, 9.17) is 9.56 Å². The van der Waals surface area contributed by atoms with Crippen molar-refractivity contribution in [2.24, 2.45) is 5.14 Å². The summed E-state index contributed by atoms with van der Waals surface area (Å²) in [4.78, 5) is 12.0. The zero-order valence-corrected chi connectivity index (χ0v) is 15.0. The molecule has 1 aromatic heterocycles. The first-order valence-electron chi connectivity index (χ1n) is 7.36. The topological polar surface area (TPSA) is 128 Å². The first-order chi connectivity index (χ1) is 12.4. The molecule has 3 N–H and O–H groups in total. The number of amides is 1. The lowest BCUT2D eigenvalue weighted by Crippen LogP contribution is -2.15. The Morgan fingerprint density at radius 2 is 1.77 bits per heavy atom. The van der Waals surface area contributed by atoms with Crippen molar-refractivity contribution in [1.29, 1.82) is 0 Å². The molecule has 10 heteroatoms. The molecule has 26 heavy (non-hydrogen) atoms. The van der Waals surface area contributed by atoms with Gasteiger partial charge in [0, 0.05) is 11.3 Å². The van der Waals surface area contributed by atoms with Crippen molar-refractivity contribution in [2.45, 2.75) is 10.1 Å². The van der Waals surface area contributed by atoms with Crippen molar-refractivity contribution in [2.75, 3.05) is 11.1 Å². The molecule has 2 aromatic carbocycles. The van der Waals surface area contributed by atoms with E-state index in [1.54, 1.807) is 0 Å². The third-order valence-corrected chi connectivity index (χ3v) is 4.97. The van der Waals surface area contributed by atoms with Crippen LogP contribution in [-0.4, -0.2) is 30.3 Å². The second-order valence-corrected chi connectivity index (χ2v) is 7.63. The molecule has 3 aromatic rings. The van der Waals surface area contributed by atoms with Crippen LogP contribution in [0.2, 0.25) is 0 Å². The molecular formula is C16H14N4O4S2. The molecule has 0 spiro atoms. The van der Waals surface area contributed by atoms with E-state index >= 15 is 0 Å². The number of primary sulfonamides is 1. The Bertz CT molecular complexity index is 1000. The van der Waals surface area contributed by atoms with Gasteiger partial charge in [0.05, 0.1) is 10.6 Å². The third-order valence-electron chi connectivity index (χ3n) is 3.22. The molecular weight excluding hydrogens is 376 g/mol. The molecule has 8 nitrogen and oxygen atoms in total. The maximum atomic E-state index is 12.0. The molecule has 0 saturated heterocycles. The van der Waals surface area contributed by atoms with Crippen LogP contribution in [-0.2, 0) is 14.8 Å². The quantitative estimate of drug-likeness (QED) is 0.617. The Hall–Kier alpha value is -2.69. The van der Waals surface area contributed by atoms with Crippen LogP contribution in [0, 0.1) is 0 Å². The van der Waals surface area contributed by atoms with E-state index in [0.29, 0.717) is 11.6 Å². The van der Waals surface area contributed by atoms with Gasteiger partial charge in [-0.1, -0.05) is 30.0 Å². The summed E-state index contributed by atoms with van der Waals surface area (Å²) in [5.41, 5.74) is 1.25. The number of benzene rings is 2. The number of hydrogen-bond acceptors (Lipinski definition) is 7. The van der Waals surface area contributed by atoms with E-state index in [1.165, 1.54) is 24.3 Å². The SMILES string of the molecule is NS(=O)(=O)c1ccc(NC(=O)CSc2nnc(-c3ccccc3)o2)cc1. The van der Waals surface area contributed by atoms with Crippen molar-refractivity contribution >= 4 is 33.4 Å². The largest absolute Gasteiger partial charge is 0.411 e. The van der Waals surface area contributed by atoms with Crippen LogP contribution in [0.25, 0.3) is 11.5 Å². The molecule has 134 valence electrons. The predicted octanol–water partition coefficient (Wildman–Crippen LogP) is 2.11. The van der Waals surface area contributed by atoms with Crippen LogP contribution in [0.3, 0.4) is 0 Å². The number of carbonyl (C=O) groups is 1. The number of hydrogen-bond donors (Lipinski definition) is 2. The Kier molecular flexibility index (Phi) is 5.35. The molecule has 1 heterocycles. The molecule has 0 aliphatic carbocycles. The minimum absolute atomic E-state index is 0.0239. The van der Waals surface area contributed by atoms with Crippen LogP contribution in [0.15, 0.2) is 69.1 Å². The van der Waals surface area contributed by atoms with Crippen LogP contribution in [0.4, 0.5) is 5.69 Å². The monoisotopic (exact) mass is 390 g/mol. The maximum Gasteiger partial charge on any atom is 0.277 e. The molecule has 0 saturated carbocycles. The van der Waals surface area contributed by atoms with Crippen LogP contribution >= 0.6 is 11.8 Å². The van der Waals surface area contributed by atoms with Gasteiger partial charge in [0.2, 0.25) is 21.8 Å². The van der Waals surface area contributed by atoms with Gasteiger partial charge >= 0.3 is 0 Å². The zero-order chi connectivity index (χ0) is 18.6. The molecule has 0 aliphatic rings. The van der Waals surface area contributed by atoms with E-state index < -0.39 is 10.0 Å². The van der Waals surface area contributed by atoms with Crippen molar-refractivity contribution in [3.8, 4) is 11.5 Å². The summed E-state index contributed by atoms with van der Waals surface area (Å²) < 4.78 is 27.9. The van der Waals surface area contributed by atoms with Crippen LogP contribution in [0.5, 0.6) is 0 Å². The van der Waals surface area contributed by atoms with E-state index in [0.717, 1.165) is 17.3 Å². The molecule has 0 fully saturated rings. The third kappa shape index (κ3) is 4.69. The van der Waals surface area contributed by atoms with Gasteiger partial charge in [-0.25, -0.2) is 13.6 Å². The first-order valence-corrected chi connectivity index (χ1v) is 9.89. The maximum absolute atomic E-state index is 12.0. The predicted molar refractivity (Wildman–Crippen MR) is 96.9 cm³/mol. The molecule has 0 unspecified atom stereocenters. The highest BCUT2D eigenvalue weighted by atomic mass is 32.2. The number of carbonyl (C=O) groups excluding carboxylic acids is 1. The number of thioether (sulfide) groups is 1. The summed E-state index contributed by atoms with van der Waals surface area (Å²) in [6.07, 6.45) is 0. The first kappa shape index (κ1) is 18.1. The van der Waals surface area contributed by atoms with Crippen LogP contribution < -0.4 is 10.5 Å². The van der Waals surface area contributed by atoms with E-state index in [-0.39, 0.29) is 21.8 Å². The highest BCUT2D eigenvalue weighted by Gasteiger charge is 2.12. The van der Waals surface area contributed by atoms with Crippen molar-refractivity contribution < 1.29 is 17.6 Å². The van der Waals surface area contributed by atoms with E-state index in [2.05, 4.69) is 15.5 Å². The fourth-order valence-electron chi connectivity index (χ4n) is 2.02. The molecule has 0 radical (unpaired) electrons. The van der Waals surface area contributed by atoms with Crippen molar-refractivity contribution in [1.82, 2.24) is 10.2 Å². The molecule has 0 bridgehead atoms. The van der Waals surface area contributed by atoms with Crippen molar-refractivity contribution in [3.05, 3.63) is 54.6 Å². The van der Waals surface area contributed by atoms with Crippen molar-refractivity contribution in [3.63, 3.8) is 0 Å². The fourth-order valence-corrected chi connectivity index (χ4v) is 3.10. The second kappa shape index (κ2) is 7.68. The average Bonchev–Trinajstić information content (AvgIpc) is 3.09. The minimum atomic E-state index is -3.76. The highest BCUT2D eigenvalue weighted by Crippen LogP contribution is 2.23. The highest BCUT2D eigenvalue weighted by molar-refractivity contribution is 7.99. The number of aromatic nitrogens is 2. The molecule has 3 rings (SSSR count). The Labute approximate surface area is 153 Å². The summed E-state index contributed by atoms with van der Waals surface area (Å²) in [7, 11) is -3.76. The summed E-state index contributed by atoms with van der Waals surface area (Å²) >= 11 is 1.10. The van der Waals surface area contributed by atoms with E-state index in [1.807, 2.05) is 30.3 Å². The number of rotatable bonds is 6. The Balaban J connectivity index is 1.55. The number of nitrogens with one attached hydrogen (secondary N) is 1. The van der Waals surface area contributed by atoms with Crippen LogP contribution in [0.1, 0.15) is 0 Å². The van der Waals surface area contributed by atoms with Gasteiger partial charge < -0.3 is 9.73 Å². The van der Waals surface area contributed by atoms with E-state index in [9.17, 15) is 13.2 Å². The normalized spacial score (nSPS) is 11.3. The van der Waals surface area contributed by atoms with Gasteiger partial charge in [-0.15, -0.1) is 10.2 Å². The lowest BCUT2D eigenvalue weighted by atomic mass is 10.2. The van der Waals surface area contributed by atoms with Gasteiger partial charge in [-0.2, -0.15) is 0 Å². The number of anilines is 1. The second-order valence-electron chi connectivity index (χ2n) is 5.15. The molecule has 0 aliphatic heterocycles. The number of nitrogens with zero attached hydrogens (tertiary/aromatic N) is 2. The lowest BCUT2D eigenvalue weighted by Gasteiger charge is -2.05. The Morgan fingerprint density at radius 1 is 1.08 bits per heavy atom. The van der Waals surface area contributed by atoms with Gasteiger partial charge in [-0.05, 0) is 36.4 Å². The Morgan fingerprint density at radius 3 is 2.42 bits per heavy atom. The smallest absolute Gasteiger partial charge is 0.277 e. The zero-order valence-electron chi connectivity index (χ0n) is 13.3. The summed E-state index contributed by atoms with van der Waals surface area (Å²) in [6.45, 7) is 0. The molecule has 0 atom stereocenters. The number of nitrogens with two attached hydrogens (primary N) is 1. The van der Waals surface area contributed by atoms with Gasteiger partial charge in [0.25, 0.3) is 5.22 Å². The summed E-state index contributed by atoms with van der Waals surface area (Å²) in [5, 5.41) is 15.8. The average molecular weight is 390 g/mol. The van der Waals surface area contributed by atoms with Gasteiger partial charge in [-0.3, -0.25) is 4.79 Å². The minimum Gasteiger partial charge on any atom is -0.411 e. The standard InChI is InChI=1S/C16H14N4O4S2/c17-26(22,23)13-8-6-12(7-9-13)18-14(21)10-25-16-20-19-15(24-16)11-4-2-1-3-5-11/h1-9H,10H2,(H,18,21)(H2,17,22,23). The fraction of sp³-hybridized carbons (Fsp3) is 0.0625. The van der Waals surface area contributed by atoms with Gasteiger partial charge in [0.15, 0.2) is 0 Å². The van der Waals surface area contributed by atoms with Gasteiger partial charge in [0.1, 0.15) is 0 Å². The summed E-state index contributed by atoms with van der Waals surface area (Å²) in [6, 6.07) is 14.9. The lowest BCUT2D eigenvalue weighted by molar-refractivity contribution is -0.113. The number of sulfonamides is 1. The summed E-state index contributed by atoms with van der Waals surface area (Å²) in [5.74, 6) is 0.151. The molecule has 1 amide bonds.